The lowest BCUT2D eigenvalue weighted by molar-refractivity contribution is 0.171. The highest BCUT2D eigenvalue weighted by Crippen LogP contribution is 2.25. The molecule has 2 aliphatic heterocycles. The number of nitrogens with one attached hydrogen (secondary N) is 1. The van der Waals surface area contributed by atoms with Gasteiger partial charge >= 0.3 is 0 Å². The Morgan fingerprint density at radius 1 is 0.969 bits per heavy atom. The van der Waals surface area contributed by atoms with Crippen LogP contribution in [0.4, 0.5) is 0 Å². The molecule has 0 radical (unpaired) electrons. The van der Waals surface area contributed by atoms with Gasteiger partial charge in [-0.05, 0) is 57.7 Å². The Morgan fingerprint density at radius 2 is 1.75 bits per heavy atom. The first kappa shape index (κ1) is 24.6. The number of hydrogen-bond donors (Lipinski definition) is 1. The van der Waals surface area contributed by atoms with Crippen LogP contribution in [0.25, 0.3) is 0 Å². The summed E-state index contributed by atoms with van der Waals surface area (Å²) in [4.78, 5) is 14.4. The number of hydrogen-bond acceptors (Lipinski definition) is 6. The van der Waals surface area contributed by atoms with Crippen molar-refractivity contribution in [2.75, 3.05) is 93.8 Å². The molecule has 1 aromatic carbocycles. The van der Waals surface area contributed by atoms with E-state index in [1.807, 2.05) is 19.2 Å². The molecule has 3 rings (SSSR count). The summed E-state index contributed by atoms with van der Waals surface area (Å²) in [6.45, 7) is 11.8. The maximum Gasteiger partial charge on any atom is 0.193 e. The fourth-order valence-electron chi connectivity index (χ4n) is 4.52. The van der Waals surface area contributed by atoms with E-state index in [4.69, 9.17) is 9.47 Å². The normalized spacial score (nSPS) is 19.6. The van der Waals surface area contributed by atoms with Crippen LogP contribution in [-0.2, 0) is 6.54 Å². The van der Waals surface area contributed by atoms with Crippen LogP contribution in [-0.4, -0.2) is 119 Å². The molecule has 0 unspecified atom stereocenters. The van der Waals surface area contributed by atoms with Gasteiger partial charge in [0.2, 0.25) is 0 Å². The number of methoxy groups -OCH3 is 2. The maximum atomic E-state index is 5.55. The largest absolute Gasteiger partial charge is 0.497 e. The van der Waals surface area contributed by atoms with Gasteiger partial charge < -0.3 is 29.5 Å². The molecule has 2 aliphatic rings. The lowest BCUT2D eigenvalue weighted by Gasteiger charge is -2.36. The second-order valence-electron chi connectivity index (χ2n) is 8.77. The topological polar surface area (TPSA) is 55.8 Å². The fraction of sp³-hybridized carbons (Fsp3) is 0.708. The first-order valence-electron chi connectivity index (χ1n) is 11.9. The third-order valence-corrected chi connectivity index (χ3v) is 6.51. The van der Waals surface area contributed by atoms with Crippen molar-refractivity contribution in [2.24, 2.45) is 4.99 Å². The summed E-state index contributed by atoms with van der Waals surface area (Å²) in [5.41, 5.74) is 1.17. The zero-order chi connectivity index (χ0) is 22.8. The average molecular weight is 447 g/mol. The van der Waals surface area contributed by atoms with Crippen LogP contribution in [0.15, 0.2) is 23.2 Å². The Labute approximate surface area is 194 Å². The quantitative estimate of drug-likeness (QED) is 0.368. The van der Waals surface area contributed by atoms with Gasteiger partial charge in [0, 0.05) is 65.0 Å². The molecule has 0 saturated carbocycles. The highest BCUT2D eigenvalue weighted by molar-refractivity contribution is 5.79. The van der Waals surface area contributed by atoms with E-state index in [2.05, 4.69) is 43.0 Å². The van der Waals surface area contributed by atoms with Crippen molar-refractivity contribution in [2.45, 2.75) is 19.4 Å². The van der Waals surface area contributed by atoms with Gasteiger partial charge in [0.25, 0.3) is 0 Å². The predicted molar refractivity (Wildman–Crippen MR) is 131 cm³/mol. The summed E-state index contributed by atoms with van der Waals surface area (Å²) < 4.78 is 10.9. The van der Waals surface area contributed by atoms with Crippen molar-refractivity contribution in [3.63, 3.8) is 0 Å². The first-order chi connectivity index (χ1) is 15.6. The molecule has 1 aromatic rings. The van der Waals surface area contributed by atoms with Gasteiger partial charge in [-0.25, -0.2) is 0 Å². The number of likely N-dealkylation sites (N-methyl/N-ethyl adjacent to an activating group) is 1. The Balaban J connectivity index is 1.40. The Bertz CT molecular complexity index is 720. The predicted octanol–water partition coefficient (Wildman–Crippen LogP) is 1.42. The van der Waals surface area contributed by atoms with Crippen LogP contribution < -0.4 is 14.8 Å². The number of benzene rings is 1. The van der Waals surface area contributed by atoms with E-state index in [1.165, 1.54) is 38.2 Å². The fourth-order valence-corrected chi connectivity index (χ4v) is 4.52. The SMILES string of the molecule is CN=C(NCCCN1CCCN(C)CC1)N1CCN(Cc2cc(OC)ccc2OC)CC1. The molecule has 0 atom stereocenters. The summed E-state index contributed by atoms with van der Waals surface area (Å²) in [6.07, 6.45) is 2.43. The van der Waals surface area contributed by atoms with Crippen LogP contribution >= 0.6 is 0 Å². The molecule has 32 heavy (non-hydrogen) atoms. The lowest BCUT2D eigenvalue weighted by atomic mass is 10.1. The van der Waals surface area contributed by atoms with E-state index in [9.17, 15) is 0 Å². The summed E-state index contributed by atoms with van der Waals surface area (Å²) in [7, 11) is 7.54. The van der Waals surface area contributed by atoms with Crippen molar-refractivity contribution >= 4 is 5.96 Å². The van der Waals surface area contributed by atoms with Crippen molar-refractivity contribution in [3.05, 3.63) is 23.8 Å². The summed E-state index contributed by atoms with van der Waals surface area (Å²) in [5, 5.41) is 3.58. The molecule has 2 saturated heterocycles. The van der Waals surface area contributed by atoms with Crippen LogP contribution in [0.5, 0.6) is 11.5 Å². The van der Waals surface area contributed by atoms with Crippen molar-refractivity contribution < 1.29 is 9.47 Å². The van der Waals surface area contributed by atoms with E-state index < -0.39 is 0 Å². The number of aliphatic imine (C=N–C) groups is 1. The second-order valence-corrected chi connectivity index (χ2v) is 8.77. The van der Waals surface area contributed by atoms with Gasteiger partial charge in [-0.3, -0.25) is 9.89 Å². The van der Waals surface area contributed by atoms with Crippen LogP contribution in [0.1, 0.15) is 18.4 Å². The van der Waals surface area contributed by atoms with E-state index in [0.717, 1.165) is 69.7 Å². The van der Waals surface area contributed by atoms with Gasteiger partial charge in [-0.15, -0.1) is 0 Å². The van der Waals surface area contributed by atoms with Gasteiger partial charge in [-0.1, -0.05) is 0 Å². The minimum absolute atomic E-state index is 0.866. The highest BCUT2D eigenvalue weighted by atomic mass is 16.5. The van der Waals surface area contributed by atoms with Crippen molar-refractivity contribution in [1.82, 2.24) is 24.9 Å². The molecule has 1 N–H and O–H groups in total. The number of guanidine groups is 1. The number of rotatable bonds is 8. The van der Waals surface area contributed by atoms with Gasteiger partial charge in [0.05, 0.1) is 14.2 Å². The van der Waals surface area contributed by atoms with Crippen molar-refractivity contribution in [3.8, 4) is 11.5 Å². The third kappa shape index (κ3) is 7.25. The third-order valence-electron chi connectivity index (χ3n) is 6.51. The second kappa shape index (κ2) is 12.9. The van der Waals surface area contributed by atoms with Gasteiger partial charge in [-0.2, -0.15) is 0 Å². The van der Waals surface area contributed by atoms with Crippen molar-refractivity contribution in [1.29, 1.82) is 0 Å². The lowest BCUT2D eigenvalue weighted by Crippen LogP contribution is -2.52. The average Bonchev–Trinajstić information content (AvgIpc) is 3.03. The monoisotopic (exact) mass is 446 g/mol. The molecule has 8 nitrogen and oxygen atoms in total. The summed E-state index contributed by atoms with van der Waals surface area (Å²) in [6, 6.07) is 6.01. The zero-order valence-electron chi connectivity index (χ0n) is 20.5. The number of ether oxygens (including phenoxy) is 2. The minimum Gasteiger partial charge on any atom is -0.497 e. The minimum atomic E-state index is 0.866. The Morgan fingerprint density at radius 3 is 2.47 bits per heavy atom. The van der Waals surface area contributed by atoms with E-state index in [1.54, 1.807) is 14.2 Å². The highest BCUT2D eigenvalue weighted by Gasteiger charge is 2.21. The standard InChI is InChI=1S/C24H42N6O2/c1-25-24(26-9-5-11-28-12-6-10-27(2)13-14-28)30-17-15-29(16-18-30)20-21-19-22(31-3)7-8-23(21)32-4/h7-8,19H,5-6,9-18,20H2,1-4H3,(H,25,26). The number of piperazine rings is 1. The maximum absolute atomic E-state index is 5.55. The van der Waals surface area contributed by atoms with Gasteiger partial charge in [0.15, 0.2) is 5.96 Å². The van der Waals surface area contributed by atoms with Gasteiger partial charge in [0.1, 0.15) is 11.5 Å². The molecular weight excluding hydrogens is 404 g/mol. The van der Waals surface area contributed by atoms with Crippen LogP contribution in [0, 0.1) is 0 Å². The molecule has 0 spiro atoms. The molecule has 0 amide bonds. The van der Waals surface area contributed by atoms with E-state index in [0.29, 0.717) is 0 Å². The van der Waals surface area contributed by atoms with Crippen LogP contribution in [0.2, 0.25) is 0 Å². The molecule has 2 heterocycles. The summed E-state index contributed by atoms with van der Waals surface area (Å²) in [5.74, 6) is 2.82. The molecule has 8 heteroatoms. The molecule has 2 fully saturated rings. The van der Waals surface area contributed by atoms with E-state index in [-0.39, 0.29) is 0 Å². The summed E-state index contributed by atoms with van der Waals surface area (Å²) >= 11 is 0. The smallest absolute Gasteiger partial charge is 0.193 e. The first-order valence-corrected chi connectivity index (χ1v) is 11.9. The zero-order valence-corrected chi connectivity index (χ0v) is 20.5. The van der Waals surface area contributed by atoms with E-state index >= 15 is 0 Å². The number of nitrogens with zero attached hydrogens (tertiary/aromatic N) is 5. The Kier molecular flexibility index (Phi) is 9.89. The van der Waals surface area contributed by atoms with Crippen LogP contribution in [0.3, 0.4) is 0 Å². The Hall–Kier alpha value is -2.03. The molecule has 180 valence electrons. The molecule has 0 bridgehead atoms. The molecule has 0 aromatic heterocycles. The molecule has 0 aliphatic carbocycles. The molecular formula is C24H42N6O2.